The van der Waals surface area contributed by atoms with Crippen LogP contribution in [0.15, 0.2) is 0 Å². The van der Waals surface area contributed by atoms with E-state index in [9.17, 15) is 21.6 Å². The lowest BCUT2D eigenvalue weighted by Crippen LogP contribution is -2.34. The Kier molecular flexibility index (Phi) is 3.83. The Bertz CT molecular complexity index is 317. The van der Waals surface area contributed by atoms with Gasteiger partial charge >= 0.3 is 0 Å². The first kappa shape index (κ1) is 13.0. The van der Waals surface area contributed by atoms with Gasteiger partial charge in [-0.15, -0.1) is 0 Å². The van der Waals surface area contributed by atoms with E-state index in [0.717, 1.165) is 0 Å². The van der Waals surface area contributed by atoms with Crippen molar-refractivity contribution in [2.75, 3.05) is 11.5 Å². The average molecular weight is 260 g/mol. The summed E-state index contributed by atoms with van der Waals surface area (Å²) in [4.78, 5) is 0. The Morgan fingerprint density at radius 1 is 1.53 bits per heavy atom. The summed E-state index contributed by atoms with van der Waals surface area (Å²) in [7, 11) is -3.60. The molecule has 0 amide bonds. The molecule has 1 heterocycles. The number of alkyl halides is 3. The second kappa shape index (κ2) is 4.42. The van der Waals surface area contributed by atoms with Crippen molar-refractivity contribution < 1.29 is 26.0 Å². The fraction of sp³-hybridized carbons (Fsp3) is 1.00. The highest BCUT2D eigenvalue weighted by Crippen LogP contribution is 2.27. The largest absolute Gasteiger partial charge is 0.383 e. The Balaban J connectivity index is 2.39. The van der Waals surface area contributed by atoms with E-state index in [2.05, 4.69) is 4.43 Å². The zero-order valence-corrected chi connectivity index (χ0v) is 9.86. The molecule has 0 aliphatic carbocycles. The highest BCUT2D eigenvalue weighted by molar-refractivity contribution is 7.91. The lowest BCUT2D eigenvalue weighted by Gasteiger charge is -2.20. The van der Waals surface area contributed by atoms with Crippen LogP contribution in [0, 0.1) is 0 Å². The van der Waals surface area contributed by atoms with Gasteiger partial charge < -0.3 is 4.43 Å². The smallest absolute Gasteiger partial charge is 0.295 e. The van der Waals surface area contributed by atoms with Crippen molar-refractivity contribution in [3.63, 3.8) is 0 Å². The molecule has 2 atom stereocenters. The van der Waals surface area contributed by atoms with E-state index in [4.69, 9.17) is 0 Å². The molecule has 1 aliphatic heterocycles. The molecule has 0 aromatic carbocycles. The number of hydrogen-bond acceptors (Lipinski definition) is 3. The highest BCUT2D eigenvalue weighted by atomic mass is 32.2. The van der Waals surface area contributed by atoms with Gasteiger partial charge in [-0.05, 0) is 18.9 Å². The second-order valence-corrected chi connectivity index (χ2v) is 7.09. The van der Waals surface area contributed by atoms with Crippen LogP contribution in [0.2, 0.25) is 5.54 Å². The molecule has 1 saturated heterocycles. The van der Waals surface area contributed by atoms with E-state index in [0.29, 0.717) is 13.3 Å². The van der Waals surface area contributed by atoms with E-state index in [1.165, 1.54) is 0 Å². The summed E-state index contributed by atoms with van der Waals surface area (Å²) in [6, 6.07) is 0. The van der Waals surface area contributed by atoms with Crippen LogP contribution in [0.25, 0.3) is 0 Å². The molecular formula is C7H11F3O3SSi. The number of halogens is 3. The molecule has 88 valence electrons. The minimum Gasteiger partial charge on any atom is -0.383 e. The second-order valence-electron chi connectivity index (χ2n) is 3.61. The first-order chi connectivity index (χ1) is 6.73. The molecule has 3 nitrogen and oxygen atoms in total. The van der Waals surface area contributed by atoms with Crippen LogP contribution in [-0.2, 0) is 14.3 Å². The van der Waals surface area contributed by atoms with Crippen LogP contribution >= 0.6 is 0 Å². The van der Waals surface area contributed by atoms with Crippen molar-refractivity contribution in [3.8, 4) is 0 Å². The van der Waals surface area contributed by atoms with E-state index in [1.54, 1.807) is 0 Å². The molecular weight excluding hydrogens is 249 g/mol. The quantitative estimate of drug-likeness (QED) is 0.713. The maximum Gasteiger partial charge on any atom is 0.295 e. The molecule has 15 heavy (non-hydrogen) atoms. The molecule has 0 N–H and O–H groups in total. The fourth-order valence-corrected chi connectivity index (χ4v) is 4.71. The summed E-state index contributed by atoms with van der Waals surface area (Å²) < 4.78 is 63.4. The summed E-state index contributed by atoms with van der Waals surface area (Å²) in [5, 5.41) is 0. The zero-order valence-electron chi connectivity index (χ0n) is 8.04. The van der Waals surface area contributed by atoms with Crippen molar-refractivity contribution in [3.05, 3.63) is 0 Å². The van der Waals surface area contributed by atoms with E-state index in [1.807, 2.05) is 0 Å². The van der Waals surface area contributed by atoms with Crippen LogP contribution in [-0.4, -0.2) is 42.0 Å². The van der Waals surface area contributed by atoms with Crippen LogP contribution < -0.4 is 0 Å². The van der Waals surface area contributed by atoms with Crippen molar-refractivity contribution >= 4 is 19.6 Å². The molecule has 0 bridgehead atoms. The highest BCUT2D eigenvalue weighted by Gasteiger charge is 2.38. The van der Waals surface area contributed by atoms with E-state index < -0.39 is 31.9 Å². The fourth-order valence-electron chi connectivity index (χ4n) is 1.13. The third kappa shape index (κ3) is 3.76. The lowest BCUT2D eigenvalue weighted by molar-refractivity contribution is -0.153. The molecule has 1 fully saturated rings. The van der Waals surface area contributed by atoms with Gasteiger partial charge in [0.05, 0.1) is 11.5 Å². The number of rotatable bonds is 4. The lowest BCUT2D eigenvalue weighted by atomic mass is 10.4. The van der Waals surface area contributed by atoms with Crippen LogP contribution in [0.1, 0.15) is 13.3 Å². The van der Waals surface area contributed by atoms with Crippen LogP contribution in [0.3, 0.4) is 0 Å². The average Bonchev–Trinajstić information content (AvgIpc) is 2.42. The maximum atomic E-state index is 12.9. The third-order valence-corrected chi connectivity index (χ3v) is 5.45. The van der Waals surface area contributed by atoms with Gasteiger partial charge in [-0.25, -0.2) is 21.6 Å². The normalized spacial score (nSPS) is 29.3. The van der Waals surface area contributed by atoms with Crippen LogP contribution in [0.4, 0.5) is 13.2 Å². The molecule has 0 saturated carbocycles. The van der Waals surface area contributed by atoms with Gasteiger partial charge in [-0.1, -0.05) is 0 Å². The van der Waals surface area contributed by atoms with Gasteiger partial charge in [0.1, 0.15) is 9.84 Å². The first-order valence-corrected chi connectivity index (χ1v) is 7.15. The van der Waals surface area contributed by atoms with Gasteiger partial charge in [0.2, 0.25) is 9.76 Å². The van der Waals surface area contributed by atoms with E-state index in [-0.39, 0.29) is 17.0 Å². The SMILES string of the molecule is CC(F)(O[Si]C1CCS(=O)(=O)C1)C(F)F. The molecule has 0 spiro atoms. The molecule has 0 aromatic heterocycles. The standard InChI is InChI=1S/C7H11F3O3SSi/c1-7(10,6(8)9)13-15-5-2-3-14(11,12)4-5/h5-6H,2-4H2,1H3. The zero-order chi connectivity index (χ0) is 11.7. The Labute approximate surface area is 88.9 Å². The van der Waals surface area contributed by atoms with Crippen molar-refractivity contribution in [2.24, 2.45) is 0 Å². The van der Waals surface area contributed by atoms with Gasteiger partial charge in [0, 0.05) is 0 Å². The third-order valence-electron chi connectivity index (χ3n) is 2.05. The molecule has 1 aliphatic rings. The molecule has 1 rings (SSSR count). The first-order valence-electron chi connectivity index (χ1n) is 4.34. The minimum absolute atomic E-state index is 0.0334. The number of sulfone groups is 1. The van der Waals surface area contributed by atoms with Gasteiger partial charge in [-0.2, -0.15) is 0 Å². The van der Waals surface area contributed by atoms with Crippen molar-refractivity contribution in [1.82, 2.24) is 0 Å². The van der Waals surface area contributed by atoms with Gasteiger partial charge in [0.25, 0.3) is 12.3 Å². The number of hydrogen-bond donors (Lipinski definition) is 0. The van der Waals surface area contributed by atoms with Crippen molar-refractivity contribution in [2.45, 2.75) is 31.2 Å². The summed E-state index contributed by atoms with van der Waals surface area (Å²) in [6.45, 7) is 0.647. The maximum absolute atomic E-state index is 12.9. The summed E-state index contributed by atoms with van der Waals surface area (Å²) in [5.74, 6) is -3.04. The Morgan fingerprint density at radius 3 is 2.53 bits per heavy atom. The summed E-state index contributed by atoms with van der Waals surface area (Å²) in [5.41, 5.74) is -0.344. The Hall–Kier alpha value is -0.0831. The van der Waals surface area contributed by atoms with Crippen LogP contribution in [0.5, 0.6) is 0 Å². The molecule has 8 heteroatoms. The van der Waals surface area contributed by atoms with E-state index >= 15 is 0 Å². The molecule has 2 unspecified atom stereocenters. The molecule has 0 aromatic rings. The topological polar surface area (TPSA) is 43.4 Å². The minimum atomic E-state index is -3.22. The predicted octanol–water partition coefficient (Wildman–Crippen LogP) is 1.18. The Morgan fingerprint density at radius 2 is 2.13 bits per heavy atom. The monoisotopic (exact) mass is 260 g/mol. The summed E-state index contributed by atoms with van der Waals surface area (Å²) in [6.07, 6.45) is -2.86. The van der Waals surface area contributed by atoms with Crippen molar-refractivity contribution in [1.29, 1.82) is 0 Å². The summed E-state index contributed by atoms with van der Waals surface area (Å²) >= 11 is 0. The van der Waals surface area contributed by atoms with Gasteiger partial charge in [-0.3, -0.25) is 0 Å². The van der Waals surface area contributed by atoms with Gasteiger partial charge in [0.15, 0.2) is 0 Å². The molecule has 2 radical (unpaired) electrons. The predicted molar refractivity (Wildman–Crippen MR) is 49.4 cm³/mol.